The summed E-state index contributed by atoms with van der Waals surface area (Å²) in [4.78, 5) is 16.7. The summed E-state index contributed by atoms with van der Waals surface area (Å²) in [5, 5.41) is 0. The highest BCUT2D eigenvalue weighted by atomic mass is 79.9. The lowest BCUT2D eigenvalue weighted by molar-refractivity contribution is 0.0516. The summed E-state index contributed by atoms with van der Waals surface area (Å²) >= 11 is 3.48. The minimum Gasteiger partial charge on any atom is -0.332 e. The fourth-order valence-corrected chi connectivity index (χ4v) is 2.75. The van der Waals surface area contributed by atoms with Gasteiger partial charge in [-0.25, -0.2) is 0 Å². The van der Waals surface area contributed by atoms with Gasteiger partial charge >= 0.3 is 0 Å². The Kier molecular flexibility index (Phi) is 4.60. The molecular weight excluding hydrogens is 306 g/mol. The third kappa shape index (κ3) is 3.16. The lowest BCUT2D eigenvalue weighted by Gasteiger charge is -2.39. The monoisotopic (exact) mass is 325 g/mol. The molecule has 1 aliphatic rings. The third-order valence-electron chi connectivity index (χ3n) is 3.64. The van der Waals surface area contributed by atoms with Crippen LogP contribution in [0.3, 0.4) is 0 Å². The van der Waals surface area contributed by atoms with E-state index in [-0.39, 0.29) is 11.9 Å². The summed E-state index contributed by atoms with van der Waals surface area (Å²) in [5.41, 5.74) is 7.65. The highest BCUT2D eigenvalue weighted by molar-refractivity contribution is 9.10. The van der Waals surface area contributed by atoms with E-state index in [9.17, 15) is 4.79 Å². The molecule has 1 atom stereocenters. The number of nitrogens with zero attached hydrogens (tertiary/aromatic N) is 2. The van der Waals surface area contributed by atoms with Crippen molar-refractivity contribution in [3.8, 4) is 0 Å². The summed E-state index contributed by atoms with van der Waals surface area (Å²) < 4.78 is 0.969. The number of halogens is 1. The van der Waals surface area contributed by atoms with Gasteiger partial charge in [0.05, 0.1) is 6.04 Å². The van der Waals surface area contributed by atoms with E-state index in [1.807, 2.05) is 30.0 Å². The maximum atomic E-state index is 12.6. The zero-order valence-electron chi connectivity index (χ0n) is 11.4. The van der Waals surface area contributed by atoms with Crippen molar-refractivity contribution >= 4 is 21.8 Å². The van der Waals surface area contributed by atoms with Gasteiger partial charge in [0, 0.05) is 36.2 Å². The normalized spacial score (nSPS) is 20.6. The first kappa shape index (κ1) is 14.5. The predicted molar refractivity (Wildman–Crippen MR) is 80.3 cm³/mol. The molecule has 5 heteroatoms. The first-order chi connectivity index (χ1) is 9.02. The van der Waals surface area contributed by atoms with E-state index < -0.39 is 0 Å². The molecule has 1 aliphatic heterocycles. The van der Waals surface area contributed by atoms with E-state index in [0.717, 1.165) is 35.2 Å². The van der Waals surface area contributed by atoms with Crippen molar-refractivity contribution in [1.29, 1.82) is 0 Å². The van der Waals surface area contributed by atoms with Gasteiger partial charge in [0.15, 0.2) is 0 Å². The topological polar surface area (TPSA) is 49.6 Å². The first-order valence-corrected chi connectivity index (χ1v) is 7.28. The molecule has 19 heavy (non-hydrogen) atoms. The van der Waals surface area contributed by atoms with Crippen LogP contribution < -0.4 is 5.73 Å². The van der Waals surface area contributed by atoms with E-state index in [1.165, 1.54) is 0 Å². The molecule has 1 fully saturated rings. The molecule has 0 saturated carbocycles. The number of rotatable bonds is 2. The highest BCUT2D eigenvalue weighted by Crippen LogP contribution is 2.20. The molecule has 1 unspecified atom stereocenters. The van der Waals surface area contributed by atoms with Crippen molar-refractivity contribution in [3.05, 3.63) is 33.8 Å². The lowest BCUT2D eigenvalue weighted by Crippen LogP contribution is -2.56. The Morgan fingerprint density at radius 1 is 1.47 bits per heavy atom. The molecule has 1 amide bonds. The zero-order chi connectivity index (χ0) is 14.0. The van der Waals surface area contributed by atoms with Gasteiger partial charge in [0.2, 0.25) is 0 Å². The smallest absolute Gasteiger partial charge is 0.254 e. The average Bonchev–Trinajstić information content (AvgIpc) is 2.41. The first-order valence-electron chi connectivity index (χ1n) is 6.48. The van der Waals surface area contributed by atoms with Gasteiger partial charge in [0.25, 0.3) is 5.91 Å². The molecule has 0 aromatic heterocycles. The van der Waals surface area contributed by atoms with Gasteiger partial charge in [-0.2, -0.15) is 0 Å². The van der Waals surface area contributed by atoms with Crippen molar-refractivity contribution in [2.24, 2.45) is 5.73 Å². The largest absolute Gasteiger partial charge is 0.332 e. The number of benzene rings is 1. The molecule has 0 radical (unpaired) electrons. The number of piperazine rings is 1. The highest BCUT2D eigenvalue weighted by Gasteiger charge is 2.28. The van der Waals surface area contributed by atoms with Crippen molar-refractivity contribution in [1.82, 2.24) is 9.80 Å². The van der Waals surface area contributed by atoms with Crippen molar-refractivity contribution in [3.63, 3.8) is 0 Å². The Balaban J connectivity index is 2.20. The molecule has 1 saturated heterocycles. The molecule has 0 bridgehead atoms. The summed E-state index contributed by atoms with van der Waals surface area (Å²) in [6.45, 7) is 4.99. The van der Waals surface area contributed by atoms with Crippen molar-refractivity contribution in [2.75, 3.05) is 33.2 Å². The SMILES string of the molecule is Cc1ccc(C(=O)N2CCN(C)CC2CN)cc1Br. The van der Waals surface area contributed by atoms with Crippen LogP contribution in [0.1, 0.15) is 15.9 Å². The van der Waals surface area contributed by atoms with Gasteiger partial charge in [0.1, 0.15) is 0 Å². The number of hydrogen-bond donors (Lipinski definition) is 1. The molecule has 1 aromatic rings. The second-order valence-electron chi connectivity index (χ2n) is 5.11. The summed E-state index contributed by atoms with van der Waals surface area (Å²) in [7, 11) is 2.06. The van der Waals surface area contributed by atoms with Gasteiger partial charge in [-0.3, -0.25) is 4.79 Å². The maximum absolute atomic E-state index is 12.6. The van der Waals surface area contributed by atoms with Gasteiger partial charge in [-0.15, -0.1) is 0 Å². The van der Waals surface area contributed by atoms with Crippen LogP contribution in [0.4, 0.5) is 0 Å². The Bertz CT molecular complexity index is 478. The second kappa shape index (κ2) is 6.03. The van der Waals surface area contributed by atoms with Gasteiger partial charge < -0.3 is 15.5 Å². The van der Waals surface area contributed by atoms with E-state index in [1.54, 1.807) is 0 Å². The van der Waals surface area contributed by atoms with Crippen LogP contribution in [0, 0.1) is 6.92 Å². The number of carbonyl (C=O) groups excluding carboxylic acids is 1. The minimum atomic E-state index is 0.0734. The number of nitrogens with two attached hydrogens (primary N) is 1. The molecule has 0 spiro atoms. The summed E-state index contributed by atoms with van der Waals surface area (Å²) in [6, 6.07) is 5.84. The van der Waals surface area contributed by atoms with Crippen LogP contribution in [0.5, 0.6) is 0 Å². The summed E-state index contributed by atoms with van der Waals surface area (Å²) in [5.74, 6) is 0.0734. The third-order valence-corrected chi connectivity index (χ3v) is 4.49. The molecule has 4 nitrogen and oxygen atoms in total. The Morgan fingerprint density at radius 3 is 2.84 bits per heavy atom. The van der Waals surface area contributed by atoms with Crippen LogP contribution in [-0.4, -0.2) is 55.0 Å². The van der Waals surface area contributed by atoms with Crippen molar-refractivity contribution < 1.29 is 4.79 Å². The molecule has 104 valence electrons. The van der Waals surface area contributed by atoms with Gasteiger partial charge in [-0.05, 0) is 31.7 Å². The molecule has 2 rings (SSSR count). The van der Waals surface area contributed by atoms with Crippen molar-refractivity contribution in [2.45, 2.75) is 13.0 Å². The van der Waals surface area contributed by atoms with Crippen LogP contribution >= 0.6 is 15.9 Å². The van der Waals surface area contributed by atoms with Gasteiger partial charge in [-0.1, -0.05) is 22.0 Å². The Labute approximate surface area is 122 Å². The number of carbonyl (C=O) groups is 1. The second-order valence-corrected chi connectivity index (χ2v) is 5.97. The van der Waals surface area contributed by atoms with Crippen LogP contribution in [-0.2, 0) is 0 Å². The molecule has 2 N–H and O–H groups in total. The van der Waals surface area contributed by atoms with E-state index >= 15 is 0 Å². The fourth-order valence-electron chi connectivity index (χ4n) is 2.37. The minimum absolute atomic E-state index is 0.0734. The number of likely N-dealkylation sites (N-methyl/N-ethyl adjacent to an activating group) is 1. The number of aryl methyl sites for hydroxylation is 1. The van der Waals surface area contributed by atoms with Crippen LogP contribution in [0.2, 0.25) is 0 Å². The van der Waals surface area contributed by atoms with Crippen LogP contribution in [0.15, 0.2) is 22.7 Å². The fraction of sp³-hybridized carbons (Fsp3) is 0.500. The molecule has 1 heterocycles. The standard InChI is InChI=1S/C14H20BrN3O/c1-10-3-4-11(7-13(10)15)14(19)18-6-5-17(2)9-12(18)8-16/h3-4,7,12H,5-6,8-9,16H2,1-2H3. The maximum Gasteiger partial charge on any atom is 0.254 e. The van der Waals surface area contributed by atoms with E-state index in [2.05, 4.69) is 27.9 Å². The lowest BCUT2D eigenvalue weighted by atomic mass is 10.1. The summed E-state index contributed by atoms with van der Waals surface area (Å²) in [6.07, 6.45) is 0. The average molecular weight is 326 g/mol. The van der Waals surface area contributed by atoms with E-state index in [0.29, 0.717) is 6.54 Å². The molecule has 0 aliphatic carbocycles. The zero-order valence-corrected chi connectivity index (χ0v) is 13.0. The number of hydrogen-bond acceptors (Lipinski definition) is 3. The number of amides is 1. The predicted octanol–water partition coefficient (Wildman–Crippen LogP) is 1.47. The Hall–Kier alpha value is -0.910. The Morgan fingerprint density at radius 2 is 2.21 bits per heavy atom. The quantitative estimate of drug-likeness (QED) is 0.895. The molecular formula is C14H20BrN3O. The van der Waals surface area contributed by atoms with E-state index in [4.69, 9.17) is 5.73 Å². The molecule has 1 aromatic carbocycles. The van der Waals surface area contributed by atoms with Crippen LogP contribution in [0.25, 0.3) is 0 Å².